The lowest BCUT2D eigenvalue weighted by Crippen LogP contribution is -2.08. The highest BCUT2D eigenvalue weighted by atomic mass is 15.1. The number of hydrogen-bond donors (Lipinski definition) is 1. The predicted octanol–water partition coefficient (Wildman–Crippen LogP) is 3.13. The fourth-order valence-corrected chi connectivity index (χ4v) is 1.98. The highest BCUT2D eigenvalue weighted by molar-refractivity contribution is 5.51. The van der Waals surface area contributed by atoms with Crippen LogP contribution in [0.15, 0.2) is 30.6 Å². The lowest BCUT2D eigenvalue weighted by molar-refractivity contribution is 0.708. The third-order valence-electron chi connectivity index (χ3n) is 2.96. The van der Waals surface area contributed by atoms with Crippen molar-refractivity contribution in [1.82, 2.24) is 9.55 Å². The first-order chi connectivity index (χ1) is 8.20. The first kappa shape index (κ1) is 11.7. The molecule has 0 aliphatic rings. The van der Waals surface area contributed by atoms with Crippen LogP contribution in [0.2, 0.25) is 0 Å². The van der Waals surface area contributed by atoms with Crippen LogP contribution >= 0.6 is 0 Å². The molecular weight excluding hydrogens is 210 g/mol. The molecule has 0 aliphatic carbocycles. The molecule has 0 spiro atoms. The topological polar surface area (TPSA) is 29.9 Å². The minimum absolute atomic E-state index is 0.769. The Labute approximate surface area is 103 Å². The Morgan fingerprint density at radius 3 is 2.82 bits per heavy atom. The van der Waals surface area contributed by atoms with Gasteiger partial charge in [-0.3, -0.25) is 0 Å². The summed E-state index contributed by atoms with van der Waals surface area (Å²) >= 11 is 0. The molecule has 0 amide bonds. The summed E-state index contributed by atoms with van der Waals surface area (Å²) in [6.45, 7) is 8.10. The zero-order valence-corrected chi connectivity index (χ0v) is 10.7. The van der Waals surface area contributed by atoms with E-state index in [0.29, 0.717) is 0 Å². The summed E-state index contributed by atoms with van der Waals surface area (Å²) in [7, 11) is 0. The maximum Gasteiger partial charge on any atom is 0.128 e. The number of aryl methyl sites for hydroxylation is 3. The zero-order valence-electron chi connectivity index (χ0n) is 10.7. The van der Waals surface area contributed by atoms with Crippen LogP contribution in [0.5, 0.6) is 0 Å². The van der Waals surface area contributed by atoms with Crippen LogP contribution < -0.4 is 5.32 Å². The lowest BCUT2D eigenvalue weighted by atomic mass is 10.1. The molecular formula is C14H19N3. The highest BCUT2D eigenvalue weighted by Crippen LogP contribution is 2.16. The van der Waals surface area contributed by atoms with Crippen molar-refractivity contribution in [3.63, 3.8) is 0 Å². The number of rotatable bonds is 4. The zero-order chi connectivity index (χ0) is 12.3. The number of nitrogens with one attached hydrogen (secondary N) is 1. The maximum absolute atomic E-state index is 4.35. The summed E-state index contributed by atoms with van der Waals surface area (Å²) in [4.78, 5) is 4.35. The summed E-state index contributed by atoms with van der Waals surface area (Å²) in [5, 5.41) is 3.43. The van der Waals surface area contributed by atoms with Gasteiger partial charge in [-0.05, 0) is 32.4 Å². The molecule has 2 aromatic rings. The second-order valence-corrected chi connectivity index (χ2v) is 4.30. The molecule has 0 atom stereocenters. The highest BCUT2D eigenvalue weighted by Gasteiger charge is 2.02. The van der Waals surface area contributed by atoms with E-state index in [-0.39, 0.29) is 0 Å². The van der Waals surface area contributed by atoms with Crippen molar-refractivity contribution in [2.45, 2.75) is 33.9 Å². The molecule has 0 bridgehead atoms. The molecule has 90 valence electrons. The molecule has 1 aromatic carbocycles. The number of nitrogens with zero attached hydrogens (tertiary/aromatic N) is 2. The second-order valence-electron chi connectivity index (χ2n) is 4.30. The molecule has 17 heavy (non-hydrogen) atoms. The van der Waals surface area contributed by atoms with E-state index in [0.717, 1.165) is 18.9 Å². The van der Waals surface area contributed by atoms with Crippen molar-refractivity contribution >= 4 is 5.69 Å². The maximum atomic E-state index is 4.35. The fourth-order valence-electron chi connectivity index (χ4n) is 1.98. The van der Waals surface area contributed by atoms with Gasteiger partial charge in [-0.25, -0.2) is 4.98 Å². The summed E-state index contributed by atoms with van der Waals surface area (Å²) in [5.41, 5.74) is 3.75. The van der Waals surface area contributed by atoms with Crippen molar-refractivity contribution < 1.29 is 0 Å². The van der Waals surface area contributed by atoms with Gasteiger partial charge in [0.25, 0.3) is 0 Å². The molecule has 1 N–H and O–H groups in total. The summed E-state index contributed by atoms with van der Waals surface area (Å²) in [5.74, 6) is 1.08. The minimum atomic E-state index is 0.769. The number of benzene rings is 1. The van der Waals surface area contributed by atoms with Gasteiger partial charge in [0.1, 0.15) is 5.82 Å². The first-order valence-electron chi connectivity index (χ1n) is 6.02. The number of imidazole rings is 1. The molecule has 0 radical (unpaired) electrons. The van der Waals surface area contributed by atoms with Gasteiger partial charge >= 0.3 is 0 Å². The van der Waals surface area contributed by atoms with E-state index in [9.17, 15) is 0 Å². The van der Waals surface area contributed by atoms with Gasteiger partial charge in [0.15, 0.2) is 0 Å². The molecule has 2 rings (SSSR count). The van der Waals surface area contributed by atoms with Crippen molar-refractivity contribution in [2.75, 3.05) is 5.32 Å². The molecule has 3 heteroatoms. The Hall–Kier alpha value is -1.77. The van der Waals surface area contributed by atoms with Gasteiger partial charge in [-0.15, -0.1) is 0 Å². The molecule has 0 unspecified atom stereocenters. The van der Waals surface area contributed by atoms with E-state index in [1.54, 1.807) is 0 Å². The van der Waals surface area contributed by atoms with Crippen LogP contribution in [0.3, 0.4) is 0 Å². The van der Waals surface area contributed by atoms with Crippen molar-refractivity contribution in [3.05, 3.63) is 47.5 Å². The molecule has 0 fully saturated rings. The predicted molar refractivity (Wildman–Crippen MR) is 71.1 cm³/mol. The second kappa shape index (κ2) is 5.04. The first-order valence-corrected chi connectivity index (χ1v) is 6.02. The lowest BCUT2D eigenvalue weighted by Gasteiger charge is -2.10. The summed E-state index contributed by atoms with van der Waals surface area (Å²) < 4.78 is 2.15. The Kier molecular flexibility index (Phi) is 3.47. The number of hydrogen-bond acceptors (Lipinski definition) is 2. The summed E-state index contributed by atoms with van der Waals surface area (Å²) in [6, 6.07) is 6.44. The van der Waals surface area contributed by atoms with E-state index in [1.165, 1.54) is 16.8 Å². The molecule has 0 saturated heterocycles. The SMILES string of the molecule is CCn1ccnc1CNc1ccc(C)cc1C. The van der Waals surface area contributed by atoms with E-state index < -0.39 is 0 Å². The Bertz CT molecular complexity index is 500. The quantitative estimate of drug-likeness (QED) is 0.873. The van der Waals surface area contributed by atoms with Crippen LogP contribution in [-0.2, 0) is 13.1 Å². The average Bonchev–Trinajstić information content (AvgIpc) is 2.75. The minimum Gasteiger partial charge on any atom is -0.378 e. The van der Waals surface area contributed by atoms with Crippen LogP contribution in [0.25, 0.3) is 0 Å². The van der Waals surface area contributed by atoms with Crippen molar-refractivity contribution in [1.29, 1.82) is 0 Å². The van der Waals surface area contributed by atoms with E-state index >= 15 is 0 Å². The fraction of sp³-hybridized carbons (Fsp3) is 0.357. The van der Waals surface area contributed by atoms with E-state index in [1.807, 2.05) is 12.4 Å². The smallest absolute Gasteiger partial charge is 0.128 e. The standard InChI is InChI=1S/C14H19N3/c1-4-17-8-7-15-14(17)10-16-13-6-5-11(2)9-12(13)3/h5-9,16H,4,10H2,1-3H3. The van der Waals surface area contributed by atoms with Gasteiger partial charge in [0.05, 0.1) is 6.54 Å². The van der Waals surface area contributed by atoms with Crippen LogP contribution in [0, 0.1) is 13.8 Å². The average molecular weight is 229 g/mol. The Morgan fingerprint density at radius 1 is 1.29 bits per heavy atom. The van der Waals surface area contributed by atoms with Gasteiger partial charge in [0, 0.05) is 24.6 Å². The van der Waals surface area contributed by atoms with Gasteiger partial charge in [-0.1, -0.05) is 17.7 Å². The van der Waals surface area contributed by atoms with Crippen LogP contribution in [-0.4, -0.2) is 9.55 Å². The van der Waals surface area contributed by atoms with Crippen LogP contribution in [0.1, 0.15) is 23.9 Å². The Balaban J connectivity index is 2.07. The van der Waals surface area contributed by atoms with Gasteiger partial charge in [-0.2, -0.15) is 0 Å². The van der Waals surface area contributed by atoms with Gasteiger partial charge < -0.3 is 9.88 Å². The molecule has 1 aromatic heterocycles. The molecule has 3 nitrogen and oxygen atoms in total. The molecule has 0 aliphatic heterocycles. The number of aromatic nitrogens is 2. The monoisotopic (exact) mass is 229 g/mol. The van der Waals surface area contributed by atoms with Crippen molar-refractivity contribution in [2.24, 2.45) is 0 Å². The van der Waals surface area contributed by atoms with Gasteiger partial charge in [0.2, 0.25) is 0 Å². The Morgan fingerprint density at radius 2 is 2.12 bits per heavy atom. The van der Waals surface area contributed by atoms with E-state index in [2.05, 4.69) is 53.8 Å². The largest absolute Gasteiger partial charge is 0.378 e. The van der Waals surface area contributed by atoms with Crippen molar-refractivity contribution in [3.8, 4) is 0 Å². The van der Waals surface area contributed by atoms with E-state index in [4.69, 9.17) is 0 Å². The summed E-state index contributed by atoms with van der Waals surface area (Å²) in [6.07, 6.45) is 3.86. The normalized spacial score (nSPS) is 10.5. The van der Waals surface area contributed by atoms with Crippen LogP contribution in [0.4, 0.5) is 5.69 Å². The third-order valence-corrected chi connectivity index (χ3v) is 2.96. The third kappa shape index (κ3) is 2.67. The molecule has 0 saturated carbocycles. The number of anilines is 1. The molecule has 1 heterocycles.